The molecule has 0 fully saturated rings. The smallest absolute Gasteiger partial charge is 0.295 e. The highest BCUT2D eigenvalue weighted by Crippen LogP contribution is 2.35. The maximum absolute atomic E-state index is 12.3. The standard InChI is InChI=1S/C15H12ClN3O5/c1-8-3-4-11(5-9(8)2)17-15(20)10-6-12(18(21)22)14(16)13(7-10)19(23)24/h3-7H,1-2H3,(H,17,20). The minimum absolute atomic E-state index is 0.226. The lowest BCUT2D eigenvalue weighted by Gasteiger charge is -2.08. The number of aryl methyl sites for hydroxylation is 2. The average molecular weight is 350 g/mol. The number of hydrogen-bond acceptors (Lipinski definition) is 5. The van der Waals surface area contributed by atoms with E-state index in [-0.39, 0.29) is 5.56 Å². The Morgan fingerprint density at radius 1 is 1.00 bits per heavy atom. The lowest BCUT2D eigenvalue weighted by atomic mass is 10.1. The van der Waals surface area contributed by atoms with Gasteiger partial charge in [0.15, 0.2) is 5.02 Å². The molecule has 0 radical (unpaired) electrons. The van der Waals surface area contributed by atoms with Gasteiger partial charge >= 0.3 is 0 Å². The van der Waals surface area contributed by atoms with Crippen LogP contribution in [0.25, 0.3) is 0 Å². The predicted octanol–water partition coefficient (Wildman–Crippen LogP) is 4.03. The molecule has 2 rings (SSSR count). The van der Waals surface area contributed by atoms with Crippen molar-refractivity contribution in [2.75, 3.05) is 5.32 Å². The van der Waals surface area contributed by atoms with Crippen LogP contribution in [0.4, 0.5) is 17.1 Å². The second-order valence-corrected chi connectivity index (χ2v) is 5.47. The molecule has 9 heteroatoms. The van der Waals surface area contributed by atoms with Gasteiger partial charge in [0.05, 0.1) is 15.4 Å². The molecular formula is C15H12ClN3O5. The van der Waals surface area contributed by atoms with E-state index in [0.29, 0.717) is 5.69 Å². The van der Waals surface area contributed by atoms with E-state index in [4.69, 9.17) is 11.6 Å². The monoisotopic (exact) mass is 349 g/mol. The summed E-state index contributed by atoms with van der Waals surface area (Å²) in [6.45, 7) is 3.77. The molecule has 0 heterocycles. The summed E-state index contributed by atoms with van der Waals surface area (Å²) in [5.41, 5.74) is 0.832. The number of halogens is 1. The molecule has 0 aromatic heterocycles. The van der Waals surface area contributed by atoms with Crippen LogP contribution in [0.5, 0.6) is 0 Å². The third-order valence-corrected chi connectivity index (χ3v) is 3.84. The summed E-state index contributed by atoms with van der Waals surface area (Å²) in [7, 11) is 0. The van der Waals surface area contributed by atoms with Gasteiger partial charge in [0.2, 0.25) is 0 Å². The SMILES string of the molecule is Cc1ccc(NC(=O)c2cc([N+](=O)[O-])c(Cl)c([N+](=O)[O-])c2)cc1C. The van der Waals surface area contributed by atoms with Gasteiger partial charge in [-0.3, -0.25) is 25.0 Å². The first-order chi connectivity index (χ1) is 11.2. The van der Waals surface area contributed by atoms with E-state index in [1.165, 1.54) is 0 Å². The number of nitrogens with one attached hydrogen (secondary N) is 1. The first-order valence-electron chi connectivity index (χ1n) is 6.71. The Morgan fingerprint density at radius 2 is 1.54 bits per heavy atom. The minimum Gasteiger partial charge on any atom is -0.322 e. The number of rotatable bonds is 4. The van der Waals surface area contributed by atoms with E-state index in [1.807, 2.05) is 13.8 Å². The topological polar surface area (TPSA) is 115 Å². The molecule has 0 aliphatic carbocycles. The molecule has 0 aliphatic rings. The van der Waals surface area contributed by atoms with E-state index in [9.17, 15) is 25.0 Å². The molecule has 0 saturated carbocycles. The average Bonchev–Trinajstić information content (AvgIpc) is 2.50. The molecule has 0 unspecified atom stereocenters. The second kappa shape index (κ2) is 6.63. The maximum Gasteiger partial charge on any atom is 0.295 e. The van der Waals surface area contributed by atoms with Gasteiger partial charge in [-0.1, -0.05) is 17.7 Å². The molecule has 0 bridgehead atoms. The number of anilines is 1. The normalized spacial score (nSPS) is 10.3. The Kier molecular flexibility index (Phi) is 4.79. The molecule has 124 valence electrons. The molecule has 2 aromatic rings. The van der Waals surface area contributed by atoms with Crippen LogP contribution in [0.1, 0.15) is 21.5 Å². The number of carbonyl (C=O) groups is 1. The Morgan fingerprint density at radius 3 is 2.00 bits per heavy atom. The first-order valence-corrected chi connectivity index (χ1v) is 7.09. The first kappa shape index (κ1) is 17.4. The number of nitro groups is 2. The lowest BCUT2D eigenvalue weighted by molar-refractivity contribution is -0.393. The Bertz CT molecular complexity index is 831. The van der Waals surface area contributed by atoms with E-state index in [2.05, 4.69) is 5.32 Å². The molecule has 24 heavy (non-hydrogen) atoms. The van der Waals surface area contributed by atoms with Gasteiger partial charge in [-0.15, -0.1) is 0 Å². The van der Waals surface area contributed by atoms with Crippen molar-refractivity contribution in [3.63, 3.8) is 0 Å². The number of carbonyl (C=O) groups excluding carboxylic acids is 1. The van der Waals surface area contributed by atoms with Crippen molar-refractivity contribution in [3.05, 3.63) is 72.3 Å². The quantitative estimate of drug-likeness (QED) is 0.660. The molecular weight excluding hydrogens is 338 g/mol. The van der Waals surface area contributed by atoms with E-state index >= 15 is 0 Å². The molecule has 0 aliphatic heterocycles. The summed E-state index contributed by atoms with van der Waals surface area (Å²) in [5, 5.41) is 23.9. The molecule has 2 aromatic carbocycles. The van der Waals surface area contributed by atoms with Crippen molar-refractivity contribution in [3.8, 4) is 0 Å². The zero-order valence-corrected chi connectivity index (χ0v) is 13.5. The zero-order chi connectivity index (χ0) is 18.0. The van der Waals surface area contributed by atoms with Crippen molar-refractivity contribution >= 4 is 34.6 Å². The molecule has 0 spiro atoms. The summed E-state index contributed by atoms with van der Waals surface area (Å²) >= 11 is 5.66. The predicted molar refractivity (Wildman–Crippen MR) is 88.6 cm³/mol. The number of benzene rings is 2. The van der Waals surface area contributed by atoms with Gasteiger partial charge in [-0.2, -0.15) is 0 Å². The van der Waals surface area contributed by atoms with E-state index in [0.717, 1.165) is 23.3 Å². The highest BCUT2D eigenvalue weighted by Gasteiger charge is 2.27. The van der Waals surface area contributed by atoms with E-state index < -0.39 is 32.2 Å². The summed E-state index contributed by atoms with van der Waals surface area (Å²) in [5.74, 6) is -0.707. The fourth-order valence-electron chi connectivity index (χ4n) is 2.01. The Balaban J connectivity index is 2.43. The van der Waals surface area contributed by atoms with Crippen LogP contribution in [-0.4, -0.2) is 15.8 Å². The maximum atomic E-state index is 12.3. The summed E-state index contributed by atoms with van der Waals surface area (Å²) in [4.78, 5) is 32.5. The summed E-state index contributed by atoms with van der Waals surface area (Å²) in [6.07, 6.45) is 0. The Labute approximate surface area is 141 Å². The number of nitro benzene ring substituents is 2. The van der Waals surface area contributed by atoms with Gasteiger partial charge in [-0.05, 0) is 37.1 Å². The van der Waals surface area contributed by atoms with Crippen LogP contribution in [0.15, 0.2) is 30.3 Å². The Hall–Kier alpha value is -3.00. The molecule has 1 amide bonds. The molecule has 8 nitrogen and oxygen atoms in total. The van der Waals surface area contributed by atoms with Crippen molar-refractivity contribution in [1.82, 2.24) is 0 Å². The van der Waals surface area contributed by atoms with Crippen LogP contribution in [0, 0.1) is 34.1 Å². The van der Waals surface area contributed by atoms with Crippen LogP contribution >= 0.6 is 11.6 Å². The van der Waals surface area contributed by atoms with Crippen molar-refractivity contribution in [2.24, 2.45) is 0 Å². The lowest BCUT2D eigenvalue weighted by Crippen LogP contribution is -2.13. The van der Waals surface area contributed by atoms with Crippen LogP contribution in [0.3, 0.4) is 0 Å². The number of hydrogen-bond donors (Lipinski definition) is 1. The highest BCUT2D eigenvalue weighted by atomic mass is 35.5. The zero-order valence-electron chi connectivity index (χ0n) is 12.7. The molecule has 0 atom stereocenters. The fourth-order valence-corrected chi connectivity index (χ4v) is 2.26. The van der Waals surface area contributed by atoms with Gasteiger partial charge < -0.3 is 5.32 Å². The van der Waals surface area contributed by atoms with Crippen LogP contribution < -0.4 is 5.32 Å². The van der Waals surface area contributed by atoms with Crippen LogP contribution in [-0.2, 0) is 0 Å². The van der Waals surface area contributed by atoms with Crippen molar-refractivity contribution in [2.45, 2.75) is 13.8 Å². The minimum atomic E-state index is -0.873. The van der Waals surface area contributed by atoms with Crippen molar-refractivity contribution in [1.29, 1.82) is 0 Å². The number of nitrogens with zero attached hydrogens (tertiary/aromatic N) is 2. The number of amides is 1. The van der Waals surface area contributed by atoms with Gasteiger partial charge in [0.1, 0.15) is 0 Å². The van der Waals surface area contributed by atoms with Crippen molar-refractivity contribution < 1.29 is 14.6 Å². The van der Waals surface area contributed by atoms with Gasteiger partial charge in [0, 0.05) is 17.8 Å². The van der Waals surface area contributed by atoms with E-state index in [1.54, 1.807) is 18.2 Å². The molecule has 0 saturated heterocycles. The summed E-state index contributed by atoms with van der Waals surface area (Å²) in [6, 6.07) is 7.01. The fraction of sp³-hybridized carbons (Fsp3) is 0.133. The highest BCUT2D eigenvalue weighted by molar-refractivity contribution is 6.35. The largest absolute Gasteiger partial charge is 0.322 e. The molecule has 1 N–H and O–H groups in total. The van der Waals surface area contributed by atoms with Gasteiger partial charge in [-0.25, -0.2) is 0 Å². The second-order valence-electron chi connectivity index (χ2n) is 5.10. The third-order valence-electron chi connectivity index (χ3n) is 3.45. The van der Waals surface area contributed by atoms with Gasteiger partial charge in [0.25, 0.3) is 17.3 Å². The third kappa shape index (κ3) is 3.49. The summed E-state index contributed by atoms with van der Waals surface area (Å²) < 4.78 is 0. The van der Waals surface area contributed by atoms with Crippen LogP contribution in [0.2, 0.25) is 5.02 Å².